The predicted octanol–water partition coefficient (Wildman–Crippen LogP) is 1.09. The van der Waals surface area contributed by atoms with Gasteiger partial charge in [0.1, 0.15) is 0 Å². The van der Waals surface area contributed by atoms with Gasteiger partial charge in [-0.25, -0.2) is 0 Å². The van der Waals surface area contributed by atoms with Gasteiger partial charge in [0.25, 0.3) is 0 Å². The minimum absolute atomic E-state index is 0.178. The number of unbranched alkanes of at least 4 members (excludes halogenated alkanes) is 2. The molecule has 0 saturated carbocycles. The normalized spacial score (nSPS) is 14.3. The number of hydrogen-bond donors (Lipinski definition) is 2. The van der Waals surface area contributed by atoms with E-state index in [4.69, 9.17) is 10.2 Å². The molecule has 0 fully saturated rings. The summed E-state index contributed by atoms with van der Waals surface area (Å²) >= 11 is 0. The third kappa shape index (κ3) is 5.79. The first-order chi connectivity index (χ1) is 4.81. The Labute approximate surface area is 62.2 Å². The van der Waals surface area contributed by atoms with Crippen molar-refractivity contribution in [3.05, 3.63) is 12.2 Å². The lowest BCUT2D eigenvalue weighted by Crippen LogP contribution is -2.06. The molecule has 0 bridgehead atoms. The van der Waals surface area contributed by atoms with Crippen molar-refractivity contribution >= 4 is 0 Å². The van der Waals surface area contributed by atoms with Gasteiger partial charge < -0.3 is 10.2 Å². The highest BCUT2D eigenvalue weighted by atomic mass is 16.3. The molecule has 2 N–H and O–H groups in total. The summed E-state index contributed by atoms with van der Waals surface area (Å²) in [5, 5.41) is 17.2. The molecule has 0 spiro atoms. The average molecular weight is 144 g/mol. The molecule has 60 valence electrons. The maximum atomic E-state index is 8.82. The highest BCUT2D eigenvalue weighted by Gasteiger charge is 1.91. The Morgan fingerprint density at radius 1 is 1.50 bits per heavy atom. The molecule has 0 radical (unpaired) electrons. The van der Waals surface area contributed by atoms with Crippen LogP contribution in [0.1, 0.15) is 26.2 Å². The van der Waals surface area contributed by atoms with E-state index in [1.54, 1.807) is 6.08 Å². The number of rotatable bonds is 5. The molecule has 0 aliphatic carbocycles. The fourth-order valence-corrected chi connectivity index (χ4v) is 0.636. The standard InChI is InChI=1S/C8H16O2/c1-2-3-4-5-6-8(10)7-9/h5-6,8-10H,2-4,7H2,1H3/t8-/m0/s1. The minimum atomic E-state index is -0.670. The maximum Gasteiger partial charge on any atom is 0.0951 e. The van der Waals surface area contributed by atoms with Crippen molar-refractivity contribution in [2.45, 2.75) is 32.3 Å². The zero-order valence-corrected chi connectivity index (χ0v) is 6.45. The summed E-state index contributed by atoms with van der Waals surface area (Å²) in [7, 11) is 0. The molecule has 0 aliphatic heterocycles. The molecule has 10 heavy (non-hydrogen) atoms. The summed E-state index contributed by atoms with van der Waals surface area (Å²) in [5.74, 6) is 0. The van der Waals surface area contributed by atoms with Crippen LogP contribution in [0.15, 0.2) is 12.2 Å². The molecule has 0 rings (SSSR count). The van der Waals surface area contributed by atoms with Gasteiger partial charge in [-0.3, -0.25) is 0 Å². The van der Waals surface area contributed by atoms with Crippen molar-refractivity contribution in [1.82, 2.24) is 0 Å². The van der Waals surface area contributed by atoms with Crippen LogP contribution in [0.25, 0.3) is 0 Å². The first kappa shape index (κ1) is 9.66. The van der Waals surface area contributed by atoms with Gasteiger partial charge in [-0.1, -0.05) is 31.9 Å². The Hall–Kier alpha value is -0.340. The SMILES string of the molecule is CCCCC=C[C@H](O)CO. The zero-order valence-electron chi connectivity index (χ0n) is 6.45. The number of aliphatic hydroxyl groups excluding tert-OH is 2. The lowest BCUT2D eigenvalue weighted by molar-refractivity contribution is 0.131. The van der Waals surface area contributed by atoms with Crippen molar-refractivity contribution < 1.29 is 10.2 Å². The number of aliphatic hydroxyl groups is 2. The summed E-state index contributed by atoms with van der Waals surface area (Å²) in [6, 6.07) is 0. The van der Waals surface area contributed by atoms with Gasteiger partial charge >= 0.3 is 0 Å². The van der Waals surface area contributed by atoms with Crippen molar-refractivity contribution in [3.63, 3.8) is 0 Å². The van der Waals surface area contributed by atoms with E-state index in [1.807, 2.05) is 6.08 Å². The largest absolute Gasteiger partial charge is 0.393 e. The molecule has 0 heterocycles. The van der Waals surface area contributed by atoms with Crippen LogP contribution in [0.5, 0.6) is 0 Å². The second-order valence-electron chi connectivity index (χ2n) is 2.32. The molecule has 0 aliphatic rings. The summed E-state index contributed by atoms with van der Waals surface area (Å²) in [6.45, 7) is 1.94. The quantitative estimate of drug-likeness (QED) is 0.448. The minimum Gasteiger partial charge on any atom is -0.393 e. The Morgan fingerprint density at radius 3 is 2.70 bits per heavy atom. The lowest BCUT2D eigenvalue weighted by Gasteiger charge is -1.97. The Balaban J connectivity index is 3.18. The van der Waals surface area contributed by atoms with E-state index in [0.717, 1.165) is 12.8 Å². The van der Waals surface area contributed by atoms with Gasteiger partial charge in [0.05, 0.1) is 12.7 Å². The fourth-order valence-electron chi connectivity index (χ4n) is 0.636. The van der Waals surface area contributed by atoms with Crippen LogP contribution in [0, 0.1) is 0 Å². The fraction of sp³-hybridized carbons (Fsp3) is 0.750. The molecule has 0 aromatic carbocycles. The molecule has 2 heteroatoms. The topological polar surface area (TPSA) is 40.5 Å². The first-order valence-electron chi connectivity index (χ1n) is 3.76. The third-order valence-electron chi connectivity index (χ3n) is 1.27. The van der Waals surface area contributed by atoms with Crippen molar-refractivity contribution in [1.29, 1.82) is 0 Å². The number of hydrogen-bond acceptors (Lipinski definition) is 2. The Kier molecular flexibility index (Phi) is 6.55. The second-order valence-corrected chi connectivity index (χ2v) is 2.32. The van der Waals surface area contributed by atoms with Gasteiger partial charge in [0.15, 0.2) is 0 Å². The summed E-state index contributed by atoms with van der Waals surface area (Å²) < 4.78 is 0. The van der Waals surface area contributed by atoms with Gasteiger partial charge in [-0.2, -0.15) is 0 Å². The Morgan fingerprint density at radius 2 is 2.20 bits per heavy atom. The van der Waals surface area contributed by atoms with Gasteiger partial charge in [0.2, 0.25) is 0 Å². The van der Waals surface area contributed by atoms with Crippen molar-refractivity contribution in [3.8, 4) is 0 Å². The molecular formula is C8H16O2. The van der Waals surface area contributed by atoms with Crippen LogP contribution in [-0.4, -0.2) is 22.9 Å². The van der Waals surface area contributed by atoms with E-state index in [2.05, 4.69) is 6.92 Å². The van der Waals surface area contributed by atoms with Crippen LogP contribution in [0.3, 0.4) is 0 Å². The van der Waals surface area contributed by atoms with E-state index in [9.17, 15) is 0 Å². The van der Waals surface area contributed by atoms with Gasteiger partial charge in [-0.05, 0) is 6.42 Å². The highest BCUT2D eigenvalue weighted by Crippen LogP contribution is 1.95. The molecule has 0 aromatic heterocycles. The Bertz CT molecular complexity index is 89.3. The maximum absolute atomic E-state index is 8.82. The molecule has 0 aromatic rings. The monoisotopic (exact) mass is 144 g/mol. The molecule has 1 atom stereocenters. The van der Waals surface area contributed by atoms with E-state index < -0.39 is 6.10 Å². The lowest BCUT2D eigenvalue weighted by atomic mass is 10.2. The van der Waals surface area contributed by atoms with Crippen molar-refractivity contribution in [2.75, 3.05) is 6.61 Å². The van der Waals surface area contributed by atoms with Gasteiger partial charge in [-0.15, -0.1) is 0 Å². The van der Waals surface area contributed by atoms with E-state index >= 15 is 0 Å². The van der Waals surface area contributed by atoms with Crippen molar-refractivity contribution in [2.24, 2.45) is 0 Å². The predicted molar refractivity (Wildman–Crippen MR) is 41.8 cm³/mol. The molecule has 0 amide bonds. The molecule has 0 unspecified atom stereocenters. The number of allylic oxidation sites excluding steroid dienone is 1. The summed E-state index contributed by atoms with van der Waals surface area (Å²) in [4.78, 5) is 0. The first-order valence-corrected chi connectivity index (χ1v) is 3.76. The van der Waals surface area contributed by atoms with Gasteiger partial charge in [0, 0.05) is 0 Å². The summed E-state index contributed by atoms with van der Waals surface area (Å²) in [6.07, 6.45) is 6.18. The van der Waals surface area contributed by atoms with E-state index in [1.165, 1.54) is 6.42 Å². The molecular weight excluding hydrogens is 128 g/mol. The highest BCUT2D eigenvalue weighted by molar-refractivity contribution is 4.87. The van der Waals surface area contributed by atoms with Crippen LogP contribution in [0.4, 0.5) is 0 Å². The average Bonchev–Trinajstić information content (AvgIpc) is 1.98. The van der Waals surface area contributed by atoms with E-state index in [-0.39, 0.29) is 6.61 Å². The third-order valence-corrected chi connectivity index (χ3v) is 1.27. The van der Waals surface area contributed by atoms with Crippen LogP contribution in [-0.2, 0) is 0 Å². The van der Waals surface area contributed by atoms with Crippen LogP contribution in [0.2, 0.25) is 0 Å². The zero-order chi connectivity index (χ0) is 7.82. The molecule has 0 saturated heterocycles. The van der Waals surface area contributed by atoms with Crippen LogP contribution >= 0.6 is 0 Å². The van der Waals surface area contributed by atoms with Crippen LogP contribution < -0.4 is 0 Å². The second kappa shape index (κ2) is 6.78. The summed E-state index contributed by atoms with van der Waals surface area (Å²) in [5.41, 5.74) is 0. The molecule has 2 nitrogen and oxygen atoms in total. The van der Waals surface area contributed by atoms with E-state index in [0.29, 0.717) is 0 Å². The smallest absolute Gasteiger partial charge is 0.0951 e.